The second-order valence-corrected chi connectivity index (χ2v) is 4.69. The highest BCUT2D eigenvalue weighted by molar-refractivity contribution is 5.84. The second-order valence-electron chi connectivity index (χ2n) is 4.69. The highest BCUT2D eigenvalue weighted by atomic mass is 16.5. The maximum absolute atomic E-state index is 11.7. The van der Waals surface area contributed by atoms with E-state index in [4.69, 9.17) is 4.74 Å². The Kier molecular flexibility index (Phi) is 10.1. The van der Waals surface area contributed by atoms with Gasteiger partial charge in [0.05, 0.1) is 6.61 Å². The molecule has 110 valence electrons. The number of carbonyl (C=O) groups is 2. The van der Waals surface area contributed by atoms with Gasteiger partial charge in [-0.1, -0.05) is 39.2 Å². The molecule has 0 saturated heterocycles. The Hall–Kier alpha value is -1.16. The number of ketones is 1. The van der Waals surface area contributed by atoms with Gasteiger partial charge in [-0.3, -0.25) is 4.79 Å². The van der Waals surface area contributed by atoms with Crippen molar-refractivity contribution in [2.24, 2.45) is 5.92 Å². The number of carbonyl (C=O) groups excluding carboxylic acids is 2. The first-order valence-corrected chi connectivity index (χ1v) is 7.08. The number of esters is 1. The zero-order valence-corrected chi connectivity index (χ0v) is 12.2. The fraction of sp³-hybridized carbons (Fsp3) is 0.733. The van der Waals surface area contributed by atoms with Gasteiger partial charge in [0.25, 0.3) is 0 Å². The van der Waals surface area contributed by atoms with Gasteiger partial charge in [-0.25, -0.2) is 4.79 Å². The summed E-state index contributed by atoms with van der Waals surface area (Å²) in [5, 5.41) is 9.83. The average molecular weight is 270 g/mol. The largest absolute Gasteiger partial charge is 0.463 e. The summed E-state index contributed by atoms with van der Waals surface area (Å²) in [6, 6.07) is 0. The number of aliphatic hydroxyl groups is 1. The molecule has 0 fully saturated rings. The summed E-state index contributed by atoms with van der Waals surface area (Å²) in [6.07, 6.45) is 6.22. The molecule has 0 spiro atoms. The first-order chi connectivity index (χ1) is 9.02. The van der Waals surface area contributed by atoms with Crippen LogP contribution in [0.2, 0.25) is 0 Å². The number of rotatable bonds is 10. The molecule has 19 heavy (non-hydrogen) atoms. The number of hydrogen-bond donors (Lipinski definition) is 1. The van der Waals surface area contributed by atoms with Crippen molar-refractivity contribution in [2.45, 2.75) is 59.0 Å². The van der Waals surface area contributed by atoms with E-state index < -0.39 is 12.1 Å². The van der Waals surface area contributed by atoms with Crippen molar-refractivity contribution in [1.82, 2.24) is 0 Å². The molecule has 0 bridgehead atoms. The summed E-state index contributed by atoms with van der Waals surface area (Å²) in [6.45, 7) is 5.86. The molecule has 0 rings (SSSR count). The van der Waals surface area contributed by atoms with Gasteiger partial charge in [0.1, 0.15) is 6.10 Å². The van der Waals surface area contributed by atoms with Crippen molar-refractivity contribution in [3.05, 3.63) is 12.2 Å². The third-order valence-corrected chi connectivity index (χ3v) is 2.93. The summed E-state index contributed by atoms with van der Waals surface area (Å²) in [5.74, 6) is -0.975. The molecule has 0 heterocycles. The van der Waals surface area contributed by atoms with Crippen LogP contribution in [-0.2, 0) is 14.3 Å². The molecule has 1 N–H and O–H groups in total. The SMILES string of the molecule is CCCCCCC(=O)[C@H](O)[C@H](C)/C=C/C(=O)OCC. The normalized spacial score (nSPS) is 14.3. The molecule has 0 aliphatic rings. The monoisotopic (exact) mass is 270 g/mol. The zero-order chi connectivity index (χ0) is 14.7. The summed E-state index contributed by atoms with van der Waals surface area (Å²) < 4.78 is 4.73. The van der Waals surface area contributed by atoms with Gasteiger partial charge in [-0.05, 0) is 13.3 Å². The minimum atomic E-state index is -1.03. The number of unbranched alkanes of at least 4 members (excludes halogenated alkanes) is 3. The van der Waals surface area contributed by atoms with E-state index in [0.717, 1.165) is 25.7 Å². The Balaban J connectivity index is 4.06. The van der Waals surface area contributed by atoms with Gasteiger partial charge in [0.2, 0.25) is 0 Å². The molecular formula is C15H26O4. The van der Waals surface area contributed by atoms with Crippen molar-refractivity contribution in [1.29, 1.82) is 0 Å². The Bertz CT molecular complexity index is 297. The fourth-order valence-corrected chi connectivity index (χ4v) is 1.69. The van der Waals surface area contributed by atoms with E-state index in [0.29, 0.717) is 13.0 Å². The summed E-state index contributed by atoms with van der Waals surface area (Å²) in [4.78, 5) is 22.8. The highest BCUT2D eigenvalue weighted by Crippen LogP contribution is 2.11. The van der Waals surface area contributed by atoms with Gasteiger partial charge in [-0.2, -0.15) is 0 Å². The van der Waals surface area contributed by atoms with Crippen LogP contribution in [-0.4, -0.2) is 29.6 Å². The minimum Gasteiger partial charge on any atom is -0.463 e. The van der Waals surface area contributed by atoms with Crippen molar-refractivity contribution in [2.75, 3.05) is 6.61 Å². The molecule has 0 radical (unpaired) electrons. The van der Waals surface area contributed by atoms with Crippen molar-refractivity contribution < 1.29 is 19.4 Å². The van der Waals surface area contributed by atoms with Gasteiger partial charge in [0.15, 0.2) is 5.78 Å². The molecular weight excluding hydrogens is 244 g/mol. The van der Waals surface area contributed by atoms with Crippen LogP contribution >= 0.6 is 0 Å². The van der Waals surface area contributed by atoms with E-state index in [1.165, 1.54) is 12.2 Å². The summed E-state index contributed by atoms with van der Waals surface area (Å²) in [7, 11) is 0. The van der Waals surface area contributed by atoms with E-state index in [1.54, 1.807) is 13.8 Å². The van der Waals surface area contributed by atoms with Crippen LogP contribution in [0.15, 0.2) is 12.2 Å². The standard InChI is InChI=1S/C15H26O4/c1-4-6-7-8-9-13(16)15(18)12(3)10-11-14(17)19-5-2/h10-12,15,18H,4-9H2,1-3H3/b11-10+/t12-,15-/m1/s1. The molecule has 0 aromatic rings. The fourth-order valence-electron chi connectivity index (χ4n) is 1.69. The lowest BCUT2D eigenvalue weighted by atomic mass is 9.97. The Morgan fingerprint density at radius 2 is 1.89 bits per heavy atom. The van der Waals surface area contributed by atoms with Crippen LogP contribution in [0.25, 0.3) is 0 Å². The van der Waals surface area contributed by atoms with Crippen molar-refractivity contribution in [3.8, 4) is 0 Å². The molecule has 2 atom stereocenters. The maximum Gasteiger partial charge on any atom is 0.330 e. The second kappa shape index (κ2) is 10.7. The van der Waals surface area contributed by atoms with E-state index in [1.807, 2.05) is 0 Å². The minimum absolute atomic E-state index is 0.155. The number of ether oxygens (including phenoxy) is 1. The first kappa shape index (κ1) is 17.8. The summed E-state index contributed by atoms with van der Waals surface area (Å²) >= 11 is 0. The lowest BCUT2D eigenvalue weighted by Gasteiger charge is -2.14. The van der Waals surface area contributed by atoms with E-state index in [-0.39, 0.29) is 11.7 Å². The Labute approximate surface area is 115 Å². The van der Waals surface area contributed by atoms with Crippen LogP contribution in [0.1, 0.15) is 52.9 Å². The van der Waals surface area contributed by atoms with Gasteiger partial charge >= 0.3 is 5.97 Å². The van der Waals surface area contributed by atoms with E-state index in [2.05, 4.69) is 6.92 Å². The first-order valence-electron chi connectivity index (χ1n) is 7.08. The average Bonchev–Trinajstić information content (AvgIpc) is 2.40. The van der Waals surface area contributed by atoms with Crippen molar-refractivity contribution >= 4 is 11.8 Å². The summed E-state index contributed by atoms with van der Waals surface area (Å²) in [5.41, 5.74) is 0. The molecule has 0 aromatic heterocycles. The van der Waals surface area contributed by atoms with Gasteiger partial charge in [0, 0.05) is 18.4 Å². The number of aliphatic hydroxyl groups excluding tert-OH is 1. The van der Waals surface area contributed by atoms with Crippen LogP contribution in [0.4, 0.5) is 0 Å². The molecule has 0 amide bonds. The highest BCUT2D eigenvalue weighted by Gasteiger charge is 2.19. The molecule has 0 aromatic carbocycles. The number of Topliss-reactive ketones (excluding diaryl/α,β-unsaturated/α-hetero) is 1. The van der Waals surface area contributed by atoms with Gasteiger partial charge in [-0.15, -0.1) is 0 Å². The van der Waals surface area contributed by atoms with Crippen LogP contribution in [0.3, 0.4) is 0 Å². The van der Waals surface area contributed by atoms with E-state index >= 15 is 0 Å². The third-order valence-electron chi connectivity index (χ3n) is 2.93. The lowest BCUT2D eigenvalue weighted by molar-refractivity contribution is -0.137. The maximum atomic E-state index is 11.7. The Morgan fingerprint density at radius 1 is 1.21 bits per heavy atom. The van der Waals surface area contributed by atoms with E-state index in [9.17, 15) is 14.7 Å². The van der Waals surface area contributed by atoms with Crippen LogP contribution in [0, 0.1) is 5.92 Å². The molecule has 0 saturated carbocycles. The van der Waals surface area contributed by atoms with Crippen LogP contribution < -0.4 is 0 Å². The predicted molar refractivity (Wildman–Crippen MR) is 74.7 cm³/mol. The quantitative estimate of drug-likeness (QED) is 0.376. The molecule has 0 unspecified atom stereocenters. The Morgan fingerprint density at radius 3 is 2.47 bits per heavy atom. The van der Waals surface area contributed by atoms with Gasteiger partial charge < -0.3 is 9.84 Å². The molecule has 0 aliphatic carbocycles. The third kappa shape index (κ3) is 8.54. The van der Waals surface area contributed by atoms with Crippen molar-refractivity contribution in [3.63, 3.8) is 0 Å². The molecule has 4 heteroatoms. The zero-order valence-electron chi connectivity index (χ0n) is 12.2. The van der Waals surface area contributed by atoms with Crippen LogP contribution in [0.5, 0.6) is 0 Å². The predicted octanol–water partition coefficient (Wildman–Crippen LogP) is 2.64. The topological polar surface area (TPSA) is 63.6 Å². The molecule has 0 aliphatic heterocycles. The number of hydrogen-bond acceptors (Lipinski definition) is 4. The molecule has 4 nitrogen and oxygen atoms in total. The lowest BCUT2D eigenvalue weighted by Crippen LogP contribution is -2.26. The smallest absolute Gasteiger partial charge is 0.330 e.